The first-order valence-electron chi connectivity index (χ1n) is 6.08. The topological polar surface area (TPSA) is 53.6 Å². The highest BCUT2D eigenvalue weighted by molar-refractivity contribution is 5.52. The molecular formula is C13H16N4. The standard InChI is InChI=1S/C13H16N4/c1-2-5-15-11(3-1)12-9-16-13(17-12)7-10-4-6-14-8-10/h1-3,5,9-10,14H,4,6-8H2,(H,16,17). The number of hydrogen-bond acceptors (Lipinski definition) is 3. The molecule has 0 spiro atoms. The van der Waals surface area contributed by atoms with Crippen LogP contribution in [-0.2, 0) is 6.42 Å². The first-order valence-corrected chi connectivity index (χ1v) is 6.08. The molecule has 2 aromatic heterocycles. The summed E-state index contributed by atoms with van der Waals surface area (Å²) in [6.07, 6.45) is 5.95. The summed E-state index contributed by atoms with van der Waals surface area (Å²) in [5.74, 6) is 1.79. The number of aromatic nitrogens is 3. The van der Waals surface area contributed by atoms with Crippen molar-refractivity contribution in [3.05, 3.63) is 36.4 Å². The molecule has 1 atom stereocenters. The monoisotopic (exact) mass is 228 g/mol. The fraction of sp³-hybridized carbons (Fsp3) is 0.385. The van der Waals surface area contributed by atoms with Gasteiger partial charge >= 0.3 is 0 Å². The number of hydrogen-bond donors (Lipinski definition) is 2. The van der Waals surface area contributed by atoms with Crippen LogP contribution in [-0.4, -0.2) is 28.0 Å². The Morgan fingerprint density at radius 3 is 3.06 bits per heavy atom. The van der Waals surface area contributed by atoms with Crippen molar-refractivity contribution in [2.45, 2.75) is 12.8 Å². The maximum absolute atomic E-state index is 4.43. The van der Waals surface area contributed by atoms with Gasteiger partial charge in [0, 0.05) is 12.6 Å². The molecule has 88 valence electrons. The van der Waals surface area contributed by atoms with Crippen LogP contribution in [0, 0.1) is 5.92 Å². The molecule has 1 aliphatic rings. The molecule has 1 aliphatic heterocycles. The first-order chi connectivity index (χ1) is 8.42. The van der Waals surface area contributed by atoms with E-state index in [1.165, 1.54) is 6.42 Å². The summed E-state index contributed by atoms with van der Waals surface area (Å²) in [5.41, 5.74) is 1.96. The quantitative estimate of drug-likeness (QED) is 0.839. The maximum Gasteiger partial charge on any atom is 0.106 e. The highest BCUT2D eigenvalue weighted by atomic mass is 14.9. The minimum absolute atomic E-state index is 0.720. The van der Waals surface area contributed by atoms with Crippen molar-refractivity contribution in [3.8, 4) is 11.4 Å². The van der Waals surface area contributed by atoms with E-state index < -0.39 is 0 Å². The predicted molar refractivity (Wildman–Crippen MR) is 66.5 cm³/mol. The van der Waals surface area contributed by atoms with Crippen LogP contribution in [0.5, 0.6) is 0 Å². The molecule has 17 heavy (non-hydrogen) atoms. The van der Waals surface area contributed by atoms with E-state index >= 15 is 0 Å². The van der Waals surface area contributed by atoms with Gasteiger partial charge < -0.3 is 10.3 Å². The van der Waals surface area contributed by atoms with E-state index in [2.05, 4.69) is 20.3 Å². The number of rotatable bonds is 3. The third-order valence-corrected chi connectivity index (χ3v) is 3.21. The Hall–Kier alpha value is -1.68. The molecule has 0 aliphatic carbocycles. The molecule has 1 saturated heterocycles. The Morgan fingerprint density at radius 1 is 1.29 bits per heavy atom. The lowest BCUT2D eigenvalue weighted by Crippen LogP contribution is -2.11. The summed E-state index contributed by atoms with van der Waals surface area (Å²) >= 11 is 0. The van der Waals surface area contributed by atoms with Crippen LogP contribution in [0.15, 0.2) is 30.6 Å². The van der Waals surface area contributed by atoms with E-state index in [1.54, 1.807) is 6.20 Å². The lowest BCUT2D eigenvalue weighted by atomic mass is 10.1. The third kappa shape index (κ3) is 2.36. The van der Waals surface area contributed by atoms with Crippen molar-refractivity contribution >= 4 is 0 Å². The van der Waals surface area contributed by atoms with Crippen LogP contribution in [0.3, 0.4) is 0 Å². The van der Waals surface area contributed by atoms with E-state index in [9.17, 15) is 0 Å². The highest BCUT2D eigenvalue weighted by Gasteiger charge is 2.16. The lowest BCUT2D eigenvalue weighted by molar-refractivity contribution is 0.565. The molecule has 3 heterocycles. The number of nitrogens with one attached hydrogen (secondary N) is 2. The van der Waals surface area contributed by atoms with Crippen molar-refractivity contribution < 1.29 is 0 Å². The zero-order valence-electron chi connectivity index (χ0n) is 9.69. The molecule has 1 fully saturated rings. The zero-order chi connectivity index (χ0) is 11.5. The van der Waals surface area contributed by atoms with Gasteiger partial charge in [0.05, 0.1) is 17.6 Å². The lowest BCUT2D eigenvalue weighted by Gasteiger charge is -2.04. The molecule has 4 heteroatoms. The van der Waals surface area contributed by atoms with Crippen molar-refractivity contribution in [3.63, 3.8) is 0 Å². The maximum atomic E-state index is 4.43. The second-order valence-electron chi connectivity index (χ2n) is 4.52. The molecule has 0 amide bonds. The fourth-order valence-corrected chi connectivity index (χ4v) is 2.28. The number of nitrogens with zero attached hydrogens (tertiary/aromatic N) is 2. The third-order valence-electron chi connectivity index (χ3n) is 3.21. The Morgan fingerprint density at radius 2 is 2.29 bits per heavy atom. The molecule has 0 saturated carbocycles. The summed E-state index contributed by atoms with van der Waals surface area (Å²) in [6, 6.07) is 5.91. The van der Waals surface area contributed by atoms with E-state index in [4.69, 9.17) is 0 Å². The van der Waals surface area contributed by atoms with Gasteiger partial charge in [-0.15, -0.1) is 0 Å². The van der Waals surface area contributed by atoms with Crippen molar-refractivity contribution in [1.29, 1.82) is 0 Å². The van der Waals surface area contributed by atoms with E-state index in [-0.39, 0.29) is 0 Å². The Bertz CT molecular complexity index is 471. The largest absolute Gasteiger partial charge is 0.341 e. The van der Waals surface area contributed by atoms with Crippen LogP contribution in [0.4, 0.5) is 0 Å². The Kier molecular flexibility index (Phi) is 2.88. The molecule has 2 aromatic rings. The van der Waals surface area contributed by atoms with Gasteiger partial charge in [0.1, 0.15) is 5.82 Å². The van der Waals surface area contributed by atoms with Gasteiger partial charge in [-0.2, -0.15) is 0 Å². The van der Waals surface area contributed by atoms with Crippen molar-refractivity contribution in [2.24, 2.45) is 5.92 Å². The minimum Gasteiger partial charge on any atom is -0.341 e. The van der Waals surface area contributed by atoms with Gasteiger partial charge in [0.2, 0.25) is 0 Å². The van der Waals surface area contributed by atoms with Gasteiger partial charge in [-0.05, 0) is 37.6 Å². The van der Waals surface area contributed by atoms with Crippen LogP contribution in [0.2, 0.25) is 0 Å². The highest BCUT2D eigenvalue weighted by Crippen LogP contribution is 2.17. The van der Waals surface area contributed by atoms with Crippen molar-refractivity contribution in [2.75, 3.05) is 13.1 Å². The number of pyridine rings is 1. The zero-order valence-corrected chi connectivity index (χ0v) is 9.69. The molecule has 0 radical (unpaired) electrons. The summed E-state index contributed by atoms with van der Waals surface area (Å²) in [7, 11) is 0. The minimum atomic E-state index is 0.720. The van der Waals surface area contributed by atoms with Crippen molar-refractivity contribution in [1.82, 2.24) is 20.3 Å². The number of imidazole rings is 1. The fourth-order valence-electron chi connectivity index (χ4n) is 2.28. The second kappa shape index (κ2) is 4.67. The SMILES string of the molecule is c1ccc(-c2cnc(CC3CCNC3)[nH]2)nc1. The summed E-state index contributed by atoms with van der Waals surface area (Å²) in [4.78, 5) is 12.1. The molecule has 2 N–H and O–H groups in total. The van der Waals surface area contributed by atoms with E-state index in [1.807, 2.05) is 24.4 Å². The Balaban J connectivity index is 1.74. The molecular weight excluding hydrogens is 212 g/mol. The van der Waals surface area contributed by atoms with Gasteiger partial charge in [-0.3, -0.25) is 4.98 Å². The van der Waals surface area contributed by atoms with Crippen LogP contribution >= 0.6 is 0 Å². The van der Waals surface area contributed by atoms with Crippen LogP contribution in [0.25, 0.3) is 11.4 Å². The second-order valence-corrected chi connectivity index (χ2v) is 4.52. The predicted octanol–water partition coefficient (Wildman–Crippen LogP) is 1.62. The molecule has 0 aromatic carbocycles. The number of aromatic amines is 1. The smallest absolute Gasteiger partial charge is 0.106 e. The molecule has 4 nitrogen and oxygen atoms in total. The molecule has 1 unspecified atom stereocenters. The van der Waals surface area contributed by atoms with Crippen LogP contribution in [0.1, 0.15) is 12.2 Å². The molecule has 0 bridgehead atoms. The van der Waals surface area contributed by atoms with Gasteiger partial charge in [-0.1, -0.05) is 6.07 Å². The Labute approximate surface area is 101 Å². The number of H-pyrrole nitrogens is 1. The van der Waals surface area contributed by atoms with E-state index in [0.717, 1.165) is 42.6 Å². The molecule has 3 rings (SSSR count). The van der Waals surface area contributed by atoms with Gasteiger partial charge in [-0.25, -0.2) is 4.98 Å². The first kappa shape index (κ1) is 10.5. The summed E-state index contributed by atoms with van der Waals surface area (Å²) < 4.78 is 0. The van der Waals surface area contributed by atoms with Gasteiger partial charge in [0.15, 0.2) is 0 Å². The van der Waals surface area contributed by atoms with Crippen LogP contribution < -0.4 is 5.32 Å². The summed E-state index contributed by atoms with van der Waals surface area (Å²) in [6.45, 7) is 2.25. The average molecular weight is 228 g/mol. The van der Waals surface area contributed by atoms with Gasteiger partial charge in [0.25, 0.3) is 0 Å². The summed E-state index contributed by atoms with van der Waals surface area (Å²) in [5, 5.41) is 3.38. The average Bonchev–Trinajstić information content (AvgIpc) is 3.02. The van der Waals surface area contributed by atoms with E-state index in [0.29, 0.717) is 0 Å². The normalized spacial score (nSPS) is 19.6.